The molecule has 0 aliphatic rings. The zero-order valence-corrected chi connectivity index (χ0v) is 13.0. The standard InChI is InChI=1S/C14H21NO4S/c1-5-9(2)13(14(16)17)15-20(18,19)12-7-6-10(3)11(4)8-12/h6-9,13,15H,5H2,1-4H3,(H,16,17)/t9?,13-/m0/s1. The molecule has 0 aliphatic carbocycles. The molecule has 0 amide bonds. The van der Waals surface area contributed by atoms with Gasteiger partial charge in [-0.25, -0.2) is 8.42 Å². The number of nitrogens with one attached hydrogen (secondary N) is 1. The number of carbonyl (C=O) groups is 1. The molecule has 0 aliphatic heterocycles. The van der Waals surface area contributed by atoms with Gasteiger partial charge >= 0.3 is 5.97 Å². The SMILES string of the molecule is CCC(C)[C@H](NS(=O)(=O)c1ccc(C)c(C)c1)C(=O)O. The summed E-state index contributed by atoms with van der Waals surface area (Å²) in [7, 11) is -3.83. The second kappa shape index (κ2) is 6.37. The number of carboxylic acid groups (broad SMARTS) is 1. The van der Waals surface area contributed by atoms with E-state index in [0.29, 0.717) is 6.42 Å². The number of sulfonamides is 1. The maximum absolute atomic E-state index is 12.3. The van der Waals surface area contributed by atoms with Crippen molar-refractivity contribution in [3.63, 3.8) is 0 Å². The van der Waals surface area contributed by atoms with E-state index in [1.807, 2.05) is 20.8 Å². The van der Waals surface area contributed by atoms with Crippen molar-refractivity contribution in [2.45, 2.75) is 45.1 Å². The van der Waals surface area contributed by atoms with Crippen LogP contribution >= 0.6 is 0 Å². The van der Waals surface area contributed by atoms with Crippen molar-refractivity contribution >= 4 is 16.0 Å². The van der Waals surface area contributed by atoms with E-state index in [-0.39, 0.29) is 10.8 Å². The van der Waals surface area contributed by atoms with Crippen molar-refractivity contribution in [1.82, 2.24) is 4.72 Å². The van der Waals surface area contributed by atoms with Crippen LogP contribution in [0.15, 0.2) is 23.1 Å². The van der Waals surface area contributed by atoms with E-state index in [1.165, 1.54) is 6.07 Å². The van der Waals surface area contributed by atoms with Gasteiger partial charge in [-0.3, -0.25) is 4.79 Å². The van der Waals surface area contributed by atoms with E-state index in [0.717, 1.165) is 11.1 Å². The Morgan fingerprint density at radius 3 is 2.35 bits per heavy atom. The monoisotopic (exact) mass is 299 g/mol. The molecule has 1 unspecified atom stereocenters. The van der Waals surface area contributed by atoms with Crippen molar-refractivity contribution in [3.05, 3.63) is 29.3 Å². The molecule has 1 rings (SSSR count). The van der Waals surface area contributed by atoms with Crippen LogP contribution in [0.1, 0.15) is 31.4 Å². The van der Waals surface area contributed by atoms with E-state index in [1.54, 1.807) is 19.1 Å². The van der Waals surface area contributed by atoms with Gasteiger partial charge in [0, 0.05) is 0 Å². The Morgan fingerprint density at radius 2 is 1.90 bits per heavy atom. The second-order valence-corrected chi connectivity index (χ2v) is 6.78. The van der Waals surface area contributed by atoms with E-state index in [2.05, 4.69) is 4.72 Å². The molecular formula is C14H21NO4S. The number of hydrogen-bond donors (Lipinski definition) is 2. The summed E-state index contributed by atoms with van der Waals surface area (Å²) in [5, 5.41) is 9.16. The lowest BCUT2D eigenvalue weighted by molar-refractivity contribution is -0.140. The van der Waals surface area contributed by atoms with Crippen LogP contribution in [-0.4, -0.2) is 25.5 Å². The highest BCUT2D eigenvalue weighted by molar-refractivity contribution is 7.89. The summed E-state index contributed by atoms with van der Waals surface area (Å²) in [5.74, 6) is -1.44. The lowest BCUT2D eigenvalue weighted by Gasteiger charge is -2.20. The quantitative estimate of drug-likeness (QED) is 0.842. The second-order valence-electron chi connectivity index (χ2n) is 5.07. The topological polar surface area (TPSA) is 83.5 Å². The minimum atomic E-state index is -3.83. The van der Waals surface area contributed by atoms with Gasteiger partial charge in [-0.15, -0.1) is 0 Å². The van der Waals surface area contributed by atoms with Crippen LogP contribution in [-0.2, 0) is 14.8 Å². The molecule has 5 nitrogen and oxygen atoms in total. The molecule has 0 bridgehead atoms. The molecule has 2 N–H and O–H groups in total. The third-order valence-corrected chi connectivity index (χ3v) is 4.99. The third-order valence-electron chi connectivity index (χ3n) is 3.55. The van der Waals surface area contributed by atoms with Crippen LogP contribution in [0.4, 0.5) is 0 Å². The lowest BCUT2D eigenvalue weighted by Crippen LogP contribution is -2.44. The van der Waals surface area contributed by atoms with E-state index in [4.69, 9.17) is 5.11 Å². The van der Waals surface area contributed by atoms with Crippen LogP contribution < -0.4 is 4.72 Å². The normalized spacial score (nSPS) is 14.8. The van der Waals surface area contributed by atoms with Crippen LogP contribution in [0, 0.1) is 19.8 Å². The molecule has 0 saturated heterocycles. The number of aliphatic carboxylic acids is 1. The van der Waals surface area contributed by atoms with Crippen molar-refractivity contribution < 1.29 is 18.3 Å². The van der Waals surface area contributed by atoms with Crippen LogP contribution in [0.25, 0.3) is 0 Å². The predicted octanol–water partition coefficient (Wildman–Crippen LogP) is 2.08. The summed E-state index contributed by atoms with van der Waals surface area (Å²) in [5.41, 5.74) is 1.84. The fourth-order valence-electron chi connectivity index (χ4n) is 1.76. The van der Waals surface area contributed by atoms with Gasteiger partial charge in [-0.05, 0) is 43.0 Å². The van der Waals surface area contributed by atoms with Crippen LogP contribution in [0.5, 0.6) is 0 Å². The van der Waals surface area contributed by atoms with Gasteiger partial charge in [-0.1, -0.05) is 26.3 Å². The molecule has 0 spiro atoms. The molecule has 6 heteroatoms. The molecular weight excluding hydrogens is 278 g/mol. The summed E-state index contributed by atoms with van der Waals surface area (Å²) in [6.07, 6.45) is 0.576. The fraction of sp³-hybridized carbons (Fsp3) is 0.500. The summed E-state index contributed by atoms with van der Waals surface area (Å²) < 4.78 is 26.8. The lowest BCUT2D eigenvalue weighted by atomic mass is 10.0. The first-order chi connectivity index (χ1) is 9.19. The molecule has 0 fully saturated rings. The molecule has 0 heterocycles. The van der Waals surface area contributed by atoms with Gasteiger partial charge in [0.05, 0.1) is 4.90 Å². The largest absolute Gasteiger partial charge is 0.480 e. The summed E-state index contributed by atoms with van der Waals surface area (Å²) in [4.78, 5) is 11.3. The number of aryl methyl sites for hydroxylation is 2. The Balaban J connectivity index is 3.09. The third kappa shape index (κ3) is 3.80. The maximum atomic E-state index is 12.3. The highest BCUT2D eigenvalue weighted by Crippen LogP contribution is 2.17. The zero-order chi connectivity index (χ0) is 15.5. The van der Waals surface area contributed by atoms with Crippen LogP contribution in [0.3, 0.4) is 0 Å². The molecule has 1 aromatic carbocycles. The highest BCUT2D eigenvalue weighted by Gasteiger charge is 2.29. The molecule has 20 heavy (non-hydrogen) atoms. The predicted molar refractivity (Wildman–Crippen MR) is 77.1 cm³/mol. The minimum Gasteiger partial charge on any atom is -0.480 e. The first-order valence-corrected chi connectivity index (χ1v) is 7.99. The Labute approximate surface area is 120 Å². The van der Waals surface area contributed by atoms with Crippen molar-refractivity contribution in [3.8, 4) is 0 Å². The van der Waals surface area contributed by atoms with E-state index in [9.17, 15) is 13.2 Å². The average Bonchev–Trinajstić information content (AvgIpc) is 2.38. The zero-order valence-electron chi connectivity index (χ0n) is 12.2. The Bertz CT molecular complexity index is 595. The molecule has 0 radical (unpaired) electrons. The average molecular weight is 299 g/mol. The first-order valence-electron chi connectivity index (χ1n) is 6.51. The Kier molecular flexibility index (Phi) is 5.30. The van der Waals surface area contributed by atoms with Gasteiger partial charge in [0.15, 0.2) is 0 Å². The van der Waals surface area contributed by atoms with Gasteiger partial charge in [0.1, 0.15) is 6.04 Å². The van der Waals surface area contributed by atoms with Crippen LogP contribution in [0.2, 0.25) is 0 Å². The number of carboxylic acids is 1. The Morgan fingerprint density at radius 1 is 1.30 bits per heavy atom. The smallest absolute Gasteiger partial charge is 0.322 e. The fourth-order valence-corrected chi connectivity index (χ4v) is 3.14. The summed E-state index contributed by atoms with van der Waals surface area (Å²) in [6, 6.07) is 3.63. The van der Waals surface area contributed by atoms with Gasteiger partial charge < -0.3 is 5.11 Å². The molecule has 1 aromatic rings. The number of benzene rings is 1. The minimum absolute atomic E-state index is 0.0927. The number of hydrogen-bond acceptors (Lipinski definition) is 3. The van der Waals surface area contributed by atoms with Crippen molar-refractivity contribution in [1.29, 1.82) is 0 Å². The van der Waals surface area contributed by atoms with Gasteiger partial charge in [0.2, 0.25) is 10.0 Å². The van der Waals surface area contributed by atoms with Crippen molar-refractivity contribution in [2.75, 3.05) is 0 Å². The van der Waals surface area contributed by atoms with E-state index >= 15 is 0 Å². The molecule has 0 aromatic heterocycles. The van der Waals surface area contributed by atoms with Crippen molar-refractivity contribution in [2.24, 2.45) is 5.92 Å². The molecule has 0 saturated carbocycles. The molecule has 112 valence electrons. The maximum Gasteiger partial charge on any atom is 0.322 e. The first kappa shape index (κ1) is 16.7. The summed E-state index contributed by atoms with van der Waals surface area (Å²) >= 11 is 0. The van der Waals surface area contributed by atoms with E-state index < -0.39 is 22.0 Å². The summed E-state index contributed by atoms with van der Waals surface area (Å²) in [6.45, 7) is 7.24. The van der Waals surface area contributed by atoms with Gasteiger partial charge in [-0.2, -0.15) is 4.72 Å². The number of rotatable bonds is 6. The van der Waals surface area contributed by atoms with Gasteiger partial charge in [0.25, 0.3) is 0 Å². The molecule has 2 atom stereocenters. The Hall–Kier alpha value is -1.40. The highest BCUT2D eigenvalue weighted by atomic mass is 32.2.